The van der Waals surface area contributed by atoms with Gasteiger partial charge < -0.3 is 11.1 Å². The Labute approximate surface area is 158 Å². The summed E-state index contributed by atoms with van der Waals surface area (Å²) in [7, 11) is -1.73. The molecule has 0 aromatic carbocycles. The number of halogens is 2. The van der Waals surface area contributed by atoms with Crippen LogP contribution in [0.25, 0.3) is 0 Å². The van der Waals surface area contributed by atoms with E-state index in [1.165, 1.54) is 12.4 Å². The summed E-state index contributed by atoms with van der Waals surface area (Å²) in [5.74, 6) is -0.692. The first kappa shape index (κ1) is 19.5. The fourth-order valence-electron chi connectivity index (χ4n) is 2.42. The van der Waals surface area contributed by atoms with Crippen molar-refractivity contribution in [1.29, 1.82) is 0 Å². The molecule has 5 N–H and O–H groups in total. The molecule has 1 aliphatic heterocycles. The molecule has 0 unspecified atom stereocenters. The maximum atomic E-state index is 12.5. The van der Waals surface area contributed by atoms with E-state index in [4.69, 9.17) is 5.73 Å². The van der Waals surface area contributed by atoms with Crippen LogP contribution in [0.5, 0.6) is 0 Å². The second kappa shape index (κ2) is 6.70. The summed E-state index contributed by atoms with van der Waals surface area (Å²) in [5.41, 5.74) is 4.50. The van der Waals surface area contributed by atoms with E-state index in [1.54, 1.807) is 6.92 Å². The van der Waals surface area contributed by atoms with Gasteiger partial charge in [0.2, 0.25) is 5.96 Å². The number of aliphatic imine (C=N–C) groups is 1. The van der Waals surface area contributed by atoms with Gasteiger partial charge in [0.25, 0.3) is 5.91 Å². The molecule has 1 amide bonds. The van der Waals surface area contributed by atoms with Gasteiger partial charge in [-0.25, -0.2) is 19.0 Å². The number of hydrogen-bond acceptors (Lipinski definition) is 9. The number of alkyl halides is 2. The molecule has 2 aromatic rings. The van der Waals surface area contributed by atoms with E-state index in [9.17, 15) is 22.7 Å². The third-order valence-corrected chi connectivity index (χ3v) is 6.95. The van der Waals surface area contributed by atoms with Gasteiger partial charge in [0.15, 0.2) is 5.69 Å². The van der Waals surface area contributed by atoms with Gasteiger partial charge in [0, 0.05) is 18.6 Å². The van der Waals surface area contributed by atoms with Crippen LogP contribution in [-0.2, 0) is 5.54 Å². The molecule has 0 saturated carbocycles. The largest absolute Gasteiger partial charge is 0.369 e. The summed E-state index contributed by atoms with van der Waals surface area (Å²) in [6, 6.07) is 1.16. The molecular weight excluding hydrogens is 404 g/mol. The number of amides is 1. The number of guanidine groups is 1. The molecule has 0 radical (unpaired) electrons. The summed E-state index contributed by atoms with van der Waals surface area (Å²) < 4.78 is 46.9. The molecule has 0 fully saturated rings. The molecule has 0 spiro atoms. The molecule has 0 bridgehead atoms. The topological polar surface area (TPSA) is 142 Å². The molecule has 10 nitrogen and oxygen atoms in total. The Morgan fingerprint density at radius 3 is 2.81 bits per heavy atom. The van der Waals surface area contributed by atoms with E-state index >= 15 is 0 Å². The lowest BCUT2D eigenvalue weighted by Gasteiger charge is -2.48. The number of nitrogens with two attached hydrogens (primary N) is 1. The van der Waals surface area contributed by atoms with Gasteiger partial charge in [0.05, 0.1) is 5.75 Å². The van der Waals surface area contributed by atoms with E-state index in [1.807, 2.05) is 0 Å². The van der Waals surface area contributed by atoms with Gasteiger partial charge in [-0.05, 0) is 13.0 Å². The lowest BCUT2D eigenvalue weighted by atomic mass is 10.1. The first-order valence-corrected chi connectivity index (χ1v) is 10.0. The van der Waals surface area contributed by atoms with E-state index in [0.29, 0.717) is 9.69 Å². The summed E-state index contributed by atoms with van der Waals surface area (Å²) in [6.07, 6.45) is 0.994. The average Bonchev–Trinajstić information content (AvgIpc) is 3.21. The van der Waals surface area contributed by atoms with E-state index in [0.717, 1.165) is 27.9 Å². The van der Waals surface area contributed by atoms with Crippen molar-refractivity contribution >= 4 is 39.8 Å². The fraction of sp³-hybridized carbons (Fsp3) is 0.385. The molecule has 27 heavy (non-hydrogen) atoms. The number of thiazole rings is 1. The summed E-state index contributed by atoms with van der Waals surface area (Å²) in [4.78, 5) is 20.7. The molecule has 3 rings (SSSR count). The maximum Gasteiger partial charge on any atom is 0.333 e. The molecule has 0 saturated heterocycles. The Hall–Kier alpha value is -2.29. The van der Waals surface area contributed by atoms with Gasteiger partial charge in [-0.15, -0.1) is 22.1 Å². The summed E-state index contributed by atoms with van der Waals surface area (Å²) >= 11 is 1.14. The second-order valence-corrected chi connectivity index (χ2v) is 8.93. The van der Waals surface area contributed by atoms with Crippen LogP contribution < -0.4 is 11.1 Å². The number of carbonyl (C=O) groups is 1. The van der Waals surface area contributed by atoms with Gasteiger partial charge >= 0.3 is 6.55 Å². The lowest BCUT2D eigenvalue weighted by molar-refractivity contribution is 0.0561. The molecular formula is C13H17F2N7O3S2. The van der Waals surface area contributed by atoms with Crippen LogP contribution in [0, 0.1) is 0 Å². The SMILES string of the molecule is CN1C(N)=N[C@](C)(c2nc(NC(=O)c3ccn(C(F)F)n3)cs2)CS1(O)O. The standard InChI is InChI=1S/C13H17F2N7O3S2/c1-13(6-27(24,25)21(2)12(16)19-13)10-18-8(5-26-10)17-9(23)7-3-4-22(20-7)11(14)15/h3-5,11,24-25H,6H2,1-2H3,(H2,16,19)(H,17,23)/t13-/m0/s1. The number of rotatable bonds is 4. The van der Waals surface area contributed by atoms with Crippen molar-refractivity contribution in [1.82, 2.24) is 19.1 Å². The molecule has 14 heteroatoms. The molecule has 3 heterocycles. The van der Waals surface area contributed by atoms with Crippen molar-refractivity contribution < 1.29 is 22.7 Å². The van der Waals surface area contributed by atoms with Crippen LogP contribution in [0.3, 0.4) is 0 Å². The number of carbonyl (C=O) groups excluding carboxylic acids is 1. The molecule has 0 aliphatic carbocycles. The molecule has 1 atom stereocenters. The lowest BCUT2D eigenvalue weighted by Crippen LogP contribution is -2.47. The van der Waals surface area contributed by atoms with Crippen LogP contribution >= 0.6 is 22.1 Å². The number of nitrogens with one attached hydrogen (secondary N) is 1. The minimum atomic E-state index is -3.16. The predicted octanol–water partition coefficient (Wildman–Crippen LogP) is 2.13. The zero-order valence-corrected chi connectivity index (χ0v) is 15.8. The van der Waals surface area contributed by atoms with E-state index < -0.39 is 28.8 Å². The Kier molecular flexibility index (Phi) is 4.83. The third kappa shape index (κ3) is 3.73. The highest BCUT2D eigenvalue weighted by Crippen LogP contribution is 2.51. The van der Waals surface area contributed by atoms with Crippen molar-refractivity contribution in [3.05, 3.63) is 28.3 Å². The fourth-order valence-corrected chi connectivity index (χ4v) is 4.85. The minimum Gasteiger partial charge on any atom is -0.369 e. The predicted molar refractivity (Wildman–Crippen MR) is 98.0 cm³/mol. The molecule has 148 valence electrons. The number of nitrogens with zero attached hydrogens (tertiary/aromatic N) is 5. The number of aromatic nitrogens is 3. The van der Waals surface area contributed by atoms with E-state index in [2.05, 4.69) is 20.4 Å². The zero-order valence-electron chi connectivity index (χ0n) is 14.2. The Bertz CT molecular complexity index is 900. The van der Waals surface area contributed by atoms with Crippen LogP contribution in [0.1, 0.15) is 29.0 Å². The summed E-state index contributed by atoms with van der Waals surface area (Å²) in [5, 5.41) is 7.87. The average molecular weight is 421 g/mol. The van der Waals surface area contributed by atoms with Gasteiger partial charge in [0.1, 0.15) is 16.4 Å². The van der Waals surface area contributed by atoms with Crippen molar-refractivity contribution in [3.63, 3.8) is 0 Å². The quantitative estimate of drug-likeness (QED) is 0.592. The Balaban J connectivity index is 1.79. The molecule has 2 aromatic heterocycles. The van der Waals surface area contributed by atoms with Crippen molar-refractivity contribution in [2.24, 2.45) is 10.7 Å². The third-order valence-electron chi connectivity index (χ3n) is 3.84. The zero-order chi connectivity index (χ0) is 20.0. The van der Waals surface area contributed by atoms with Gasteiger partial charge in [-0.1, -0.05) is 0 Å². The second-order valence-electron chi connectivity index (χ2n) is 5.97. The van der Waals surface area contributed by atoms with Crippen LogP contribution in [-0.4, -0.2) is 52.8 Å². The van der Waals surface area contributed by atoms with Gasteiger partial charge in [-0.3, -0.25) is 13.9 Å². The highest BCUT2D eigenvalue weighted by Gasteiger charge is 2.42. The highest BCUT2D eigenvalue weighted by molar-refractivity contribution is 8.22. The number of anilines is 1. The van der Waals surface area contributed by atoms with E-state index in [-0.39, 0.29) is 23.2 Å². The highest BCUT2D eigenvalue weighted by atomic mass is 32.3. The van der Waals surface area contributed by atoms with Crippen molar-refractivity contribution in [3.8, 4) is 0 Å². The Morgan fingerprint density at radius 2 is 2.22 bits per heavy atom. The van der Waals surface area contributed by atoms with Crippen molar-refractivity contribution in [2.45, 2.75) is 19.0 Å². The Morgan fingerprint density at radius 1 is 1.52 bits per heavy atom. The van der Waals surface area contributed by atoms with Crippen LogP contribution in [0.4, 0.5) is 14.6 Å². The van der Waals surface area contributed by atoms with Gasteiger partial charge in [-0.2, -0.15) is 13.9 Å². The number of hydrogen-bond donors (Lipinski definition) is 4. The first-order valence-electron chi connectivity index (χ1n) is 7.47. The van der Waals surface area contributed by atoms with Crippen LogP contribution in [0.15, 0.2) is 22.6 Å². The van der Waals surface area contributed by atoms with Crippen LogP contribution in [0.2, 0.25) is 0 Å². The monoisotopic (exact) mass is 421 g/mol. The minimum absolute atomic E-state index is 0.0397. The molecule has 1 aliphatic rings. The summed E-state index contributed by atoms with van der Waals surface area (Å²) in [6.45, 7) is -1.19. The smallest absolute Gasteiger partial charge is 0.333 e. The normalized spacial score (nSPS) is 23.2. The van der Waals surface area contributed by atoms with Crippen molar-refractivity contribution in [2.75, 3.05) is 18.1 Å². The maximum absolute atomic E-state index is 12.5. The first-order chi connectivity index (χ1) is 12.5.